The van der Waals surface area contributed by atoms with Crippen LogP contribution >= 0.6 is 0 Å². The molecule has 0 aliphatic rings. The predicted octanol–water partition coefficient (Wildman–Crippen LogP) is 4.46. The van der Waals surface area contributed by atoms with Crippen molar-refractivity contribution < 1.29 is 0 Å². The van der Waals surface area contributed by atoms with Crippen molar-refractivity contribution in [2.75, 3.05) is 18.5 Å². The highest BCUT2D eigenvalue weighted by molar-refractivity contribution is 5.58. The van der Waals surface area contributed by atoms with Gasteiger partial charge in [-0.05, 0) is 52.2 Å². The van der Waals surface area contributed by atoms with E-state index in [1.165, 1.54) is 16.9 Å². The first kappa shape index (κ1) is 17.5. The van der Waals surface area contributed by atoms with Gasteiger partial charge in [0, 0.05) is 37.7 Å². The Bertz CT molecular complexity index is 466. The fourth-order valence-corrected chi connectivity index (χ4v) is 2.59. The fourth-order valence-electron chi connectivity index (χ4n) is 2.59. The average molecular weight is 289 g/mol. The quantitative estimate of drug-likeness (QED) is 0.771. The average Bonchev–Trinajstić information content (AvgIpc) is 2.37. The van der Waals surface area contributed by atoms with Gasteiger partial charge in [0.1, 0.15) is 0 Å². The molecule has 0 aromatic carbocycles. The van der Waals surface area contributed by atoms with Gasteiger partial charge in [-0.15, -0.1) is 0 Å². The molecular formula is C18H31N3. The molecule has 0 atom stereocenters. The molecule has 0 unspecified atom stereocenters. The van der Waals surface area contributed by atoms with E-state index in [0.29, 0.717) is 12.0 Å². The molecule has 0 spiro atoms. The van der Waals surface area contributed by atoms with Crippen molar-refractivity contribution in [2.45, 2.75) is 60.4 Å². The number of hydrogen-bond donors (Lipinski definition) is 0. The first-order valence-corrected chi connectivity index (χ1v) is 7.92. The van der Waals surface area contributed by atoms with E-state index >= 15 is 0 Å². The Hall–Kier alpha value is -1.51. The molecule has 0 N–H and O–H groups in total. The van der Waals surface area contributed by atoms with Crippen molar-refractivity contribution in [3.05, 3.63) is 35.4 Å². The molecule has 1 aromatic rings. The standard InChI is InChI=1S/C18H31N3/c1-9-21(14(4)5)11-10-20(8)18-15(6)12-17(13(2)3)19-16(18)7/h10-14H,9H2,1-8H3/b11-10-. The smallest absolute Gasteiger partial charge is 0.0650 e. The summed E-state index contributed by atoms with van der Waals surface area (Å²) in [5.74, 6) is 0.467. The molecule has 0 aliphatic heterocycles. The first-order chi connectivity index (χ1) is 9.77. The molecule has 0 fully saturated rings. The molecule has 21 heavy (non-hydrogen) atoms. The van der Waals surface area contributed by atoms with Crippen LogP contribution < -0.4 is 4.90 Å². The van der Waals surface area contributed by atoms with E-state index in [9.17, 15) is 0 Å². The summed E-state index contributed by atoms with van der Waals surface area (Å²) in [6, 6.07) is 2.72. The van der Waals surface area contributed by atoms with Crippen molar-refractivity contribution in [1.82, 2.24) is 9.88 Å². The molecule has 0 amide bonds. The molecule has 1 heterocycles. The Labute approximate surface area is 130 Å². The van der Waals surface area contributed by atoms with Crippen LogP contribution in [-0.2, 0) is 0 Å². The summed E-state index contributed by atoms with van der Waals surface area (Å²) in [4.78, 5) is 9.24. The molecule has 118 valence electrons. The van der Waals surface area contributed by atoms with Crippen LogP contribution in [-0.4, -0.2) is 29.5 Å². The molecule has 3 heteroatoms. The largest absolute Gasteiger partial charge is 0.374 e. The third-order valence-electron chi connectivity index (χ3n) is 3.83. The maximum absolute atomic E-state index is 4.75. The lowest BCUT2D eigenvalue weighted by Crippen LogP contribution is -2.26. The van der Waals surface area contributed by atoms with E-state index in [4.69, 9.17) is 4.98 Å². The molecule has 1 rings (SSSR count). The minimum absolute atomic E-state index is 0.467. The van der Waals surface area contributed by atoms with Crippen LogP contribution in [0.5, 0.6) is 0 Å². The Balaban J connectivity index is 3.03. The van der Waals surface area contributed by atoms with Crippen LogP contribution in [0.15, 0.2) is 18.5 Å². The summed E-state index contributed by atoms with van der Waals surface area (Å²) in [6.45, 7) is 16.3. The molecule has 0 bridgehead atoms. The van der Waals surface area contributed by atoms with E-state index in [1.807, 2.05) is 0 Å². The summed E-state index contributed by atoms with van der Waals surface area (Å²) < 4.78 is 0. The monoisotopic (exact) mass is 289 g/mol. The summed E-state index contributed by atoms with van der Waals surface area (Å²) in [5, 5.41) is 0. The number of nitrogens with zero attached hydrogens (tertiary/aromatic N) is 3. The lowest BCUT2D eigenvalue weighted by molar-refractivity contribution is 0.326. The van der Waals surface area contributed by atoms with Crippen LogP contribution in [0.1, 0.15) is 57.5 Å². The van der Waals surface area contributed by atoms with Gasteiger partial charge in [0.2, 0.25) is 0 Å². The molecule has 0 aliphatic carbocycles. The summed E-state index contributed by atoms with van der Waals surface area (Å²) in [5.41, 5.74) is 4.75. The van der Waals surface area contributed by atoms with Crippen molar-refractivity contribution in [2.24, 2.45) is 0 Å². The Morgan fingerprint density at radius 3 is 2.19 bits per heavy atom. The number of pyridine rings is 1. The Morgan fingerprint density at radius 2 is 1.76 bits per heavy atom. The molecule has 0 saturated carbocycles. The highest BCUT2D eigenvalue weighted by Gasteiger charge is 2.11. The van der Waals surface area contributed by atoms with Gasteiger partial charge in [0.15, 0.2) is 0 Å². The first-order valence-electron chi connectivity index (χ1n) is 7.92. The van der Waals surface area contributed by atoms with Crippen LogP contribution in [0.2, 0.25) is 0 Å². The minimum Gasteiger partial charge on any atom is -0.374 e. The SMILES string of the molecule is CCN(/C=C\N(C)c1c(C)cc(C(C)C)nc1C)C(C)C. The maximum Gasteiger partial charge on any atom is 0.0650 e. The van der Waals surface area contributed by atoms with Crippen LogP contribution in [0, 0.1) is 13.8 Å². The van der Waals surface area contributed by atoms with Crippen molar-refractivity contribution in [1.29, 1.82) is 0 Å². The normalized spacial score (nSPS) is 11.7. The number of hydrogen-bond acceptors (Lipinski definition) is 3. The highest BCUT2D eigenvalue weighted by Crippen LogP contribution is 2.26. The lowest BCUT2D eigenvalue weighted by atomic mass is 10.1. The van der Waals surface area contributed by atoms with E-state index < -0.39 is 0 Å². The second kappa shape index (κ2) is 7.48. The third-order valence-corrected chi connectivity index (χ3v) is 3.83. The topological polar surface area (TPSA) is 19.4 Å². The van der Waals surface area contributed by atoms with Crippen LogP contribution in [0.4, 0.5) is 5.69 Å². The third kappa shape index (κ3) is 4.48. The predicted molar refractivity (Wildman–Crippen MR) is 92.9 cm³/mol. The van der Waals surface area contributed by atoms with E-state index in [1.54, 1.807) is 0 Å². The van der Waals surface area contributed by atoms with Gasteiger partial charge in [0.05, 0.1) is 11.4 Å². The van der Waals surface area contributed by atoms with Gasteiger partial charge in [-0.1, -0.05) is 13.8 Å². The van der Waals surface area contributed by atoms with Crippen molar-refractivity contribution in [3.8, 4) is 0 Å². The molecule has 3 nitrogen and oxygen atoms in total. The summed E-state index contributed by atoms with van der Waals surface area (Å²) >= 11 is 0. The van der Waals surface area contributed by atoms with Gasteiger partial charge < -0.3 is 9.80 Å². The van der Waals surface area contributed by atoms with E-state index in [-0.39, 0.29) is 0 Å². The van der Waals surface area contributed by atoms with Crippen molar-refractivity contribution >= 4 is 5.69 Å². The minimum atomic E-state index is 0.467. The number of rotatable bonds is 6. The van der Waals surface area contributed by atoms with Crippen LogP contribution in [0.3, 0.4) is 0 Å². The molecule has 0 radical (unpaired) electrons. The van der Waals surface area contributed by atoms with E-state index in [0.717, 1.165) is 12.2 Å². The van der Waals surface area contributed by atoms with Gasteiger partial charge in [-0.25, -0.2) is 0 Å². The summed E-state index contributed by atoms with van der Waals surface area (Å²) in [6.07, 6.45) is 4.30. The molecular weight excluding hydrogens is 258 g/mol. The number of aromatic nitrogens is 1. The van der Waals surface area contributed by atoms with Gasteiger partial charge in [-0.3, -0.25) is 4.98 Å². The summed E-state index contributed by atoms with van der Waals surface area (Å²) in [7, 11) is 2.09. The highest BCUT2D eigenvalue weighted by atomic mass is 15.2. The van der Waals surface area contributed by atoms with Gasteiger partial charge in [-0.2, -0.15) is 0 Å². The zero-order valence-corrected chi connectivity index (χ0v) is 14.9. The van der Waals surface area contributed by atoms with E-state index in [2.05, 4.69) is 83.8 Å². The second-order valence-electron chi connectivity index (χ2n) is 6.29. The zero-order valence-electron chi connectivity index (χ0n) is 14.9. The Morgan fingerprint density at radius 1 is 1.14 bits per heavy atom. The Kier molecular flexibility index (Phi) is 6.25. The van der Waals surface area contributed by atoms with Gasteiger partial charge in [0.25, 0.3) is 0 Å². The van der Waals surface area contributed by atoms with Crippen LogP contribution in [0.25, 0.3) is 0 Å². The molecule has 0 saturated heterocycles. The zero-order chi connectivity index (χ0) is 16.2. The number of aryl methyl sites for hydroxylation is 2. The molecule has 1 aromatic heterocycles. The fraction of sp³-hybridized carbons (Fsp3) is 0.611. The van der Waals surface area contributed by atoms with Crippen molar-refractivity contribution in [3.63, 3.8) is 0 Å². The second-order valence-corrected chi connectivity index (χ2v) is 6.29. The van der Waals surface area contributed by atoms with Gasteiger partial charge >= 0.3 is 0 Å². The maximum atomic E-state index is 4.75. The lowest BCUT2D eigenvalue weighted by Gasteiger charge is -2.25. The number of anilines is 1.